The van der Waals surface area contributed by atoms with Crippen LogP contribution in [0, 0.1) is 0 Å². The molecule has 1 atom stereocenters. The largest absolute Gasteiger partial charge is 0.463 e. The maximum atomic E-state index is 13.7. The summed E-state index contributed by atoms with van der Waals surface area (Å²) in [6, 6.07) is 23.3. The number of benzene rings is 3. The van der Waals surface area contributed by atoms with Crippen LogP contribution < -0.4 is 19.6 Å². The van der Waals surface area contributed by atoms with Gasteiger partial charge in [0.15, 0.2) is 4.80 Å². The van der Waals surface area contributed by atoms with E-state index in [1.54, 1.807) is 36.6 Å². The van der Waals surface area contributed by atoms with Crippen LogP contribution in [0.1, 0.15) is 31.0 Å². The highest BCUT2D eigenvalue weighted by Crippen LogP contribution is 2.33. The smallest absolute Gasteiger partial charge is 0.338 e. The molecule has 0 spiro atoms. The SMILES string of the molecule is CCOC(=O)C1=C(C)N=c2sc(=Cc3ccc(Cl)cc3)c(=O)n2C1c1cccc(Oc2ccccc2)c1. The van der Waals surface area contributed by atoms with Gasteiger partial charge in [-0.15, -0.1) is 0 Å². The van der Waals surface area contributed by atoms with E-state index in [0.29, 0.717) is 42.7 Å². The Labute approximate surface area is 222 Å². The van der Waals surface area contributed by atoms with Crippen LogP contribution in [0.25, 0.3) is 6.08 Å². The molecule has 4 aromatic rings. The molecule has 1 aliphatic rings. The highest BCUT2D eigenvalue weighted by molar-refractivity contribution is 7.07. The molecule has 186 valence electrons. The van der Waals surface area contributed by atoms with Crippen LogP contribution in [-0.4, -0.2) is 17.1 Å². The van der Waals surface area contributed by atoms with Gasteiger partial charge in [-0.1, -0.05) is 65.4 Å². The summed E-state index contributed by atoms with van der Waals surface area (Å²) in [7, 11) is 0. The van der Waals surface area contributed by atoms with Gasteiger partial charge in [0.1, 0.15) is 11.5 Å². The first-order valence-electron chi connectivity index (χ1n) is 11.7. The molecular formula is C29H23ClN2O4S. The molecule has 5 rings (SSSR count). The first-order chi connectivity index (χ1) is 17.9. The third-order valence-electron chi connectivity index (χ3n) is 5.84. The molecule has 3 aromatic carbocycles. The van der Waals surface area contributed by atoms with Crippen molar-refractivity contribution in [2.75, 3.05) is 6.61 Å². The molecule has 1 unspecified atom stereocenters. The summed E-state index contributed by atoms with van der Waals surface area (Å²) in [5, 5.41) is 0.617. The molecule has 8 heteroatoms. The lowest BCUT2D eigenvalue weighted by Crippen LogP contribution is -2.39. The fraction of sp³-hybridized carbons (Fsp3) is 0.138. The third kappa shape index (κ3) is 5.14. The van der Waals surface area contributed by atoms with Gasteiger partial charge in [0.05, 0.1) is 28.5 Å². The van der Waals surface area contributed by atoms with E-state index < -0.39 is 12.0 Å². The highest BCUT2D eigenvalue weighted by Gasteiger charge is 2.33. The fourth-order valence-electron chi connectivity index (χ4n) is 4.19. The summed E-state index contributed by atoms with van der Waals surface area (Å²) < 4.78 is 13.5. The van der Waals surface area contributed by atoms with Crippen LogP contribution in [0.2, 0.25) is 5.02 Å². The minimum atomic E-state index is -0.720. The molecule has 37 heavy (non-hydrogen) atoms. The predicted molar refractivity (Wildman–Crippen MR) is 145 cm³/mol. The molecule has 2 heterocycles. The van der Waals surface area contributed by atoms with Crippen molar-refractivity contribution in [1.29, 1.82) is 0 Å². The Bertz CT molecular complexity index is 1670. The quantitative estimate of drug-likeness (QED) is 0.319. The Hall–Kier alpha value is -3.94. The molecule has 0 bridgehead atoms. The molecular weight excluding hydrogens is 508 g/mol. The van der Waals surface area contributed by atoms with Gasteiger partial charge in [0, 0.05) is 5.02 Å². The molecule has 0 saturated heterocycles. The maximum absolute atomic E-state index is 13.7. The van der Waals surface area contributed by atoms with Crippen molar-refractivity contribution < 1.29 is 14.3 Å². The van der Waals surface area contributed by atoms with Crippen molar-refractivity contribution >= 4 is 35.0 Å². The first-order valence-corrected chi connectivity index (χ1v) is 12.9. The maximum Gasteiger partial charge on any atom is 0.338 e. The Balaban J connectivity index is 1.66. The number of esters is 1. The number of carbonyl (C=O) groups is 1. The second-order valence-electron chi connectivity index (χ2n) is 8.34. The lowest BCUT2D eigenvalue weighted by molar-refractivity contribution is -0.139. The van der Waals surface area contributed by atoms with Crippen molar-refractivity contribution in [1.82, 2.24) is 4.57 Å². The van der Waals surface area contributed by atoms with Crippen LogP contribution in [0.3, 0.4) is 0 Å². The summed E-state index contributed by atoms with van der Waals surface area (Å²) in [5.41, 5.74) is 2.14. The Morgan fingerprint density at radius 3 is 2.51 bits per heavy atom. The topological polar surface area (TPSA) is 69.9 Å². The van der Waals surface area contributed by atoms with Crippen molar-refractivity contribution in [2.45, 2.75) is 19.9 Å². The second-order valence-corrected chi connectivity index (χ2v) is 9.79. The van der Waals surface area contributed by atoms with E-state index in [1.165, 1.54) is 11.3 Å². The van der Waals surface area contributed by atoms with Crippen molar-refractivity contribution in [3.63, 3.8) is 0 Å². The molecule has 1 aliphatic heterocycles. The average molecular weight is 531 g/mol. The lowest BCUT2D eigenvalue weighted by Gasteiger charge is -2.25. The number of hydrogen-bond acceptors (Lipinski definition) is 6. The fourth-order valence-corrected chi connectivity index (χ4v) is 5.36. The zero-order chi connectivity index (χ0) is 25.9. The van der Waals surface area contributed by atoms with E-state index in [9.17, 15) is 9.59 Å². The summed E-state index contributed by atoms with van der Waals surface area (Å²) in [6.07, 6.45) is 1.80. The number of ether oxygens (including phenoxy) is 2. The number of halogens is 1. The molecule has 0 fully saturated rings. The van der Waals surface area contributed by atoms with Crippen molar-refractivity contribution in [3.05, 3.63) is 126 Å². The number of rotatable bonds is 6. The molecule has 6 nitrogen and oxygen atoms in total. The van der Waals surface area contributed by atoms with Gasteiger partial charge in [0.25, 0.3) is 5.56 Å². The Kier molecular flexibility index (Phi) is 7.08. The van der Waals surface area contributed by atoms with Crippen LogP contribution in [0.4, 0.5) is 0 Å². The van der Waals surface area contributed by atoms with E-state index in [1.807, 2.05) is 66.7 Å². The van der Waals surface area contributed by atoms with E-state index in [2.05, 4.69) is 4.99 Å². The predicted octanol–water partition coefficient (Wildman–Crippen LogP) is 5.24. The zero-order valence-electron chi connectivity index (χ0n) is 20.2. The lowest BCUT2D eigenvalue weighted by atomic mass is 9.95. The van der Waals surface area contributed by atoms with Crippen LogP contribution in [0.5, 0.6) is 11.5 Å². The number of carbonyl (C=O) groups excluding carboxylic acids is 1. The number of para-hydroxylation sites is 1. The Morgan fingerprint density at radius 1 is 1.05 bits per heavy atom. The number of thiazole rings is 1. The zero-order valence-corrected chi connectivity index (χ0v) is 21.8. The van der Waals surface area contributed by atoms with E-state index >= 15 is 0 Å². The summed E-state index contributed by atoms with van der Waals surface area (Å²) in [4.78, 5) is 32.0. The standard InChI is InChI=1S/C29H23ClN2O4S/c1-3-35-28(34)25-18(2)31-29-32(27(33)24(37-29)16-19-12-14-21(30)15-13-19)26(25)20-8-7-11-23(17-20)36-22-9-5-4-6-10-22/h4-17,26H,3H2,1-2H3. The van der Waals surface area contributed by atoms with Gasteiger partial charge >= 0.3 is 5.97 Å². The van der Waals surface area contributed by atoms with Gasteiger partial charge in [-0.05, 0) is 67.4 Å². The summed E-state index contributed by atoms with van der Waals surface area (Å²) >= 11 is 7.29. The normalized spacial score (nSPS) is 15.2. The molecule has 1 aromatic heterocycles. The first kappa shape index (κ1) is 24.7. The van der Waals surface area contributed by atoms with E-state index in [-0.39, 0.29) is 12.2 Å². The second kappa shape index (κ2) is 10.6. The average Bonchev–Trinajstić information content (AvgIpc) is 3.19. The number of aromatic nitrogens is 1. The third-order valence-corrected chi connectivity index (χ3v) is 7.07. The number of hydrogen-bond donors (Lipinski definition) is 0. The number of fused-ring (bicyclic) bond motifs is 1. The number of nitrogens with zero attached hydrogens (tertiary/aromatic N) is 2. The molecule has 0 radical (unpaired) electrons. The van der Waals surface area contributed by atoms with Gasteiger partial charge < -0.3 is 9.47 Å². The van der Waals surface area contributed by atoms with E-state index in [4.69, 9.17) is 21.1 Å². The summed E-state index contributed by atoms with van der Waals surface area (Å²) in [5.74, 6) is 0.767. The van der Waals surface area contributed by atoms with Crippen molar-refractivity contribution in [2.24, 2.45) is 4.99 Å². The number of allylic oxidation sites excluding steroid dienone is 1. The molecule has 0 amide bonds. The minimum Gasteiger partial charge on any atom is -0.463 e. The minimum absolute atomic E-state index is 0.209. The molecule has 0 aliphatic carbocycles. The molecule has 0 N–H and O–H groups in total. The van der Waals surface area contributed by atoms with Crippen molar-refractivity contribution in [3.8, 4) is 11.5 Å². The van der Waals surface area contributed by atoms with Crippen LogP contribution >= 0.6 is 22.9 Å². The van der Waals surface area contributed by atoms with E-state index in [0.717, 1.165) is 5.56 Å². The highest BCUT2D eigenvalue weighted by atomic mass is 35.5. The molecule has 0 saturated carbocycles. The van der Waals surface area contributed by atoms with Crippen LogP contribution in [0.15, 0.2) is 99.9 Å². The van der Waals surface area contributed by atoms with Gasteiger partial charge in [-0.25, -0.2) is 9.79 Å². The monoisotopic (exact) mass is 530 g/mol. The van der Waals surface area contributed by atoms with Crippen LogP contribution in [-0.2, 0) is 9.53 Å². The van der Waals surface area contributed by atoms with Gasteiger partial charge in [0.2, 0.25) is 0 Å². The van der Waals surface area contributed by atoms with Gasteiger partial charge in [-0.3, -0.25) is 9.36 Å². The summed E-state index contributed by atoms with van der Waals surface area (Å²) in [6.45, 7) is 3.72. The Morgan fingerprint density at radius 2 is 1.78 bits per heavy atom. The van der Waals surface area contributed by atoms with Gasteiger partial charge in [-0.2, -0.15) is 0 Å².